The van der Waals surface area contributed by atoms with Crippen molar-refractivity contribution in [2.75, 3.05) is 6.54 Å². The molecule has 0 N–H and O–H groups in total. The molecule has 1 aliphatic heterocycles. The minimum atomic E-state index is 0.0312. The van der Waals surface area contributed by atoms with Crippen molar-refractivity contribution in [1.29, 1.82) is 0 Å². The van der Waals surface area contributed by atoms with E-state index in [1.165, 1.54) is 0 Å². The number of carbonyl (C=O) groups excluding carboxylic acids is 1. The largest absolute Gasteiger partial charge is 0.333 e. The van der Waals surface area contributed by atoms with Crippen LogP contribution in [0.15, 0.2) is 30.7 Å². The average molecular weight is 338 g/mol. The average Bonchev–Trinajstić information content (AvgIpc) is 3.24. The Morgan fingerprint density at radius 1 is 1.28 bits per heavy atom. The highest BCUT2D eigenvalue weighted by molar-refractivity contribution is 5.76. The first-order valence-electron chi connectivity index (χ1n) is 8.72. The van der Waals surface area contributed by atoms with Gasteiger partial charge in [0.15, 0.2) is 5.65 Å². The van der Waals surface area contributed by atoms with Gasteiger partial charge in [0.25, 0.3) is 0 Å². The van der Waals surface area contributed by atoms with Crippen molar-refractivity contribution in [1.82, 2.24) is 29.0 Å². The fourth-order valence-electron chi connectivity index (χ4n) is 3.61. The second-order valence-electron chi connectivity index (χ2n) is 6.62. The van der Waals surface area contributed by atoms with E-state index in [9.17, 15) is 4.79 Å². The van der Waals surface area contributed by atoms with Gasteiger partial charge in [0.1, 0.15) is 12.4 Å². The maximum Gasteiger partial charge on any atom is 0.243 e. The third kappa shape index (κ3) is 2.90. The van der Waals surface area contributed by atoms with Crippen LogP contribution in [-0.4, -0.2) is 41.5 Å². The summed E-state index contributed by atoms with van der Waals surface area (Å²) in [6.45, 7) is 5.05. The van der Waals surface area contributed by atoms with Crippen LogP contribution in [0.25, 0.3) is 5.65 Å². The quantitative estimate of drug-likeness (QED) is 0.735. The highest BCUT2D eigenvalue weighted by atomic mass is 16.2. The second-order valence-corrected chi connectivity index (χ2v) is 6.62. The maximum absolute atomic E-state index is 12.9. The highest BCUT2D eigenvalue weighted by Gasteiger charge is 2.29. The van der Waals surface area contributed by atoms with Crippen LogP contribution in [0.3, 0.4) is 0 Å². The van der Waals surface area contributed by atoms with E-state index in [1.54, 1.807) is 12.4 Å². The number of carbonyl (C=O) groups is 1. The van der Waals surface area contributed by atoms with Crippen LogP contribution in [0, 0.1) is 13.8 Å². The molecule has 4 heterocycles. The number of hydrogen-bond acceptors (Lipinski definition) is 4. The van der Waals surface area contributed by atoms with Gasteiger partial charge in [-0.1, -0.05) is 0 Å². The Bertz CT molecular complexity index is 911. The predicted molar refractivity (Wildman–Crippen MR) is 93.0 cm³/mol. The maximum atomic E-state index is 12.9. The van der Waals surface area contributed by atoms with E-state index >= 15 is 0 Å². The van der Waals surface area contributed by atoms with Crippen LogP contribution in [0.5, 0.6) is 0 Å². The van der Waals surface area contributed by atoms with E-state index in [0.717, 1.165) is 48.7 Å². The number of likely N-dealkylation sites (tertiary alicyclic amines) is 1. The van der Waals surface area contributed by atoms with Gasteiger partial charge in [0, 0.05) is 30.7 Å². The summed E-state index contributed by atoms with van der Waals surface area (Å²) in [6, 6.07) is 3.99. The van der Waals surface area contributed by atoms with Gasteiger partial charge in [-0.15, -0.1) is 0 Å². The van der Waals surface area contributed by atoms with Crippen molar-refractivity contribution < 1.29 is 4.79 Å². The number of aromatic nitrogens is 5. The fraction of sp³-hybridized carbons (Fsp3) is 0.444. The molecule has 1 aliphatic rings. The lowest BCUT2D eigenvalue weighted by molar-refractivity contribution is -0.135. The summed E-state index contributed by atoms with van der Waals surface area (Å²) < 4.78 is 3.72. The first-order chi connectivity index (χ1) is 12.1. The molecule has 7 heteroatoms. The molecule has 25 heavy (non-hydrogen) atoms. The van der Waals surface area contributed by atoms with Crippen molar-refractivity contribution in [2.24, 2.45) is 0 Å². The van der Waals surface area contributed by atoms with E-state index in [2.05, 4.69) is 16.1 Å². The van der Waals surface area contributed by atoms with E-state index in [-0.39, 0.29) is 11.9 Å². The summed E-state index contributed by atoms with van der Waals surface area (Å²) in [6.07, 6.45) is 8.45. The zero-order chi connectivity index (χ0) is 17.4. The van der Waals surface area contributed by atoms with Crippen molar-refractivity contribution in [3.8, 4) is 0 Å². The monoisotopic (exact) mass is 338 g/mol. The summed E-state index contributed by atoms with van der Waals surface area (Å²) in [5.41, 5.74) is 2.83. The first-order valence-corrected chi connectivity index (χ1v) is 8.72. The molecule has 130 valence electrons. The number of piperidine rings is 1. The van der Waals surface area contributed by atoms with Crippen molar-refractivity contribution in [3.05, 3.63) is 47.9 Å². The molecule has 1 saturated heterocycles. The zero-order valence-electron chi connectivity index (χ0n) is 14.6. The molecule has 3 aromatic heterocycles. The third-order valence-corrected chi connectivity index (χ3v) is 4.95. The van der Waals surface area contributed by atoms with Crippen LogP contribution in [0.1, 0.15) is 42.5 Å². The first kappa shape index (κ1) is 15.8. The molecule has 0 radical (unpaired) electrons. The number of imidazole rings is 1. The standard InChI is InChI=1S/C18H22N6O/c1-13-11-15(21-17-6-7-20-24(13)17)16-5-3-4-9-23(16)18(25)12-22-10-8-19-14(22)2/h6-8,10-11,16H,3-5,9,12H2,1-2H3. The van der Waals surface area contributed by atoms with E-state index in [1.807, 2.05) is 40.1 Å². The topological polar surface area (TPSA) is 68.3 Å². The minimum Gasteiger partial charge on any atom is -0.333 e. The Balaban J connectivity index is 1.63. The molecular weight excluding hydrogens is 316 g/mol. The fourth-order valence-corrected chi connectivity index (χ4v) is 3.61. The van der Waals surface area contributed by atoms with Gasteiger partial charge in [0.05, 0.1) is 17.9 Å². The van der Waals surface area contributed by atoms with Crippen LogP contribution in [0.2, 0.25) is 0 Å². The molecule has 0 spiro atoms. The molecule has 1 atom stereocenters. The van der Waals surface area contributed by atoms with Crippen molar-refractivity contribution in [2.45, 2.75) is 45.7 Å². The molecule has 7 nitrogen and oxygen atoms in total. The molecule has 0 aliphatic carbocycles. The van der Waals surface area contributed by atoms with E-state index in [0.29, 0.717) is 6.54 Å². The Kier molecular flexibility index (Phi) is 3.99. The Hall–Kier alpha value is -2.70. The number of aryl methyl sites for hydroxylation is 2. The summed E-state index contributed by atoms with van der Waals surface area (Å²) in [4.78, 5) is 23.9. The molecule has 1 amide bonds. The van der Waals surface area contributed by atoms with Crippen molar-refractivity contribution >= 4 is 11.6 Å². The van der Waals surface area contributed by atoms with E-state index < -0.39 is 0 Å². The smallest absolute Gasteiger partial charge is 0.243 e. The summed E-state index contributed by atoms with van der Waals surface area (Å²) >= 11 is 0. The Morgan fingerprint density at radius 2 is 2.16 bits per heavy atom. The molecule has 0 saturated carbocycles. The van der Waals surface area contributed by atoms with Crippen LogP contribution in [-0.2, 0) is 11.3 Å². The van der Waals surface area contributed by atoms with Crippen LogP contribution in [0.4, 0.5) is 0 Å². The lowest BCUT2D eigenvalue weighted by Crippen LogP contribution is -2.40. The van der Waals surface area contributed by atoms with Gasteiger partial charge in [-0.25, -0.2) is 14.5 Å². The number of rotatable bonds is 3. The van der Waals surface area contributed by atoms with Gasteiger partial charge < -0.3 is 9.47 Å². The zero-order valence-corrected chi connectivity index (χ0v) is 14.6. The normalized spacial score (nSPS) is 18.0. The number of amides is 1. The summed E-state index contributed by atoms with van der Waals surface area (Å²) in [5, 5.41) is 4.28. The van der Waals surface area contributed by atoms with Gasteiger partial charge in [-0.3, -0.25) is 4.79 Å². The predicted octanol–water partition coefficient (Wildman–Crippen LogP) is 2.30. The minimum absolute atomic E-state index is 0.0312. The third-order valence-electron chi connectivity index (χ3n) is 4.95. The van der Waals surface area contributed by atoms with Crippen molar-refractivity contribution in [3.63, 3.8) is 0 Å². The van der Waals surface area contributed by atoms with E-state index in [4.69, 9.17) is 4.98 Å². The SMILES string of the molecule is Cc1nccn1CC(=O)N1CCCCC1c1cc(C)n2nccc2n1. The van der Waals surface area contributed by atoms with Gasteiger partial charge in [-0.05, 0) is 39.2 Å². The van der Waals surface area contributed by atoms with Gasteiger partial charge in [0.2, 0.25) is 5.91 Å². The molecule has 1 fully saturated rings. The Labute approximate surface area is 146 Å². The van der Waals surface area contributed by atoms with Crippen LogP contribution >= 0.6 is 0 Å². The number of fused-ring (bicyclic) bond motifs is 1. The lowest BCUT2D eigenvalue weighted by Gasteiger charge is -2.35. The summed E-state index contributed by atoms with van der Waals surface area (Å²) in [7, 11) is 0. The van der Waals surface area contributed by atoms with Gasteiger partial charge >= 0.3 is 0 Å². The lowest BCUT2D eigenvalue weighted by atomic mass is 9.98. The molecule has 0 aromatic carbocycles. The Morgan fingerprint density at radius 3 is 2.96 bits per heavy atom. The molecule has 4 rings (SSSR count). The molecule has 1 unspecified atom stereocenters. The molecule has 0 bridgehead atoms. The number of nitrogens with zero attached hydrogens (tertiary/aromatic N) is 6. The molecular formula is C18H22N6O. The number of hydrogen-bond donors (Lipinski definition) is 0. The second kappa shape index (κ2) is 6.31. The summed E-state index contributed by atoms with van der Waals surface area (Å²) in [5.74, 6) is 0.982. The van der Waals surface area contributed by atoms with Crippen LogP contribution < -0.4 is 0 Å². The highest BCUT2D eigenvalue weighted by Crippen LogP contribution is 2.31. The van der Waals surface area contributed by atoms with Gasteiger partial charge in [-0.2, -0.15) is 5.10 Å². The molecule has 3 aromatic rings.